The van der Waals surface area contributed by atoms with Gasteiger partial charge in [0.1, 0.15) is 0 Å². The summed E-state index contributed by atoms with van der Waals surface area (Å²) in [5, 5.41) is 2.73. The maximum Gasteiger partial charge on any atom is 0.237 e. The molecule has 5 heteroatoms. The van der Waals surface area contributed by atoms with Crippen LogP contribution in [0.1, 0.15) is 41.5 Å². The SMILES string of the molecule is CC(C)(C)[C@H](N)C(=O)NCCS(=O)C(C)(C)C. The minimum Gasteiger partial charge on any atom is -0.354 e. The molecule has 0 spiro atoms. The van der Waals surface area contributed by atoms with Gasteiger partial charge >= 0.3 is 0 Å². The van der Waals surface area contributed by atoms with Crippen molar-refractivity contribution < 1.29 is 9.00 Å². The van der Waals surface area contributed by atoms with E-state index in [0.717, 1.165) is 0 Å². The Morgan fingerprint density at radius 3 is 2.06 bits per heavy atom. The molecule has 0 saturated heterocycles. The number of hydrogen-bond donors (Lipinski definition) is 2. The van der Waals surface area contributed by atoms with E-state index in [-0.39, 0.29) is 16.1 Å². The van der Waals surface area contributed by atoms with E-state index in [9.17, 15) is 9.00 Å². The smallest absolute Gasteiger partial charge is 0.237 e. The molecular formula is C12H26N2O2S. The predicted molar refractivity (Wildman–Crippen MR) is 73.2 cm³/mol. The lowest BCUT2D eigenvalue weighted by Crippen LogP contribution is -2.49. The van der Waals surface area contributed by atoms with Crippen LogP contribution in [0.15, 0.2) is 0 Å². The van der Waals surface area contributed by atoms with Crippen LogP contribution in [0.25, 0.3) is 0 Å². The van der Waals surface area contributed by atoms with Gasteiger partial charge < -0.3 is 11.1 Å². The lowest BCUT2D eigenvalue weighted by Gasteiger charge is -2.26. The monoisotopic (exact) mass is 262 g/mol. The minimum atomic E-state index is -0.944. The molecule has 4 nitrogen and oxygen atoms in total. The Bertz CT molecular complexity index is 290. The van der Waals surface area contributed by atoms with Gasteiger partial charge in [-0.15, -0.1) is 0 Å². The Balaban J connectivity index is 4.08. The highest BCUT2D eigenvalue weighted by Gasteiger charge is 2.27. The van der Waals surface area contributed by atoms with Gasteiger partial charge in [-0.2, -0.15) is 0 Å². The summed E-state index contributed by atoms with van der Waals surface area (Å²) in [4.78, 5) is 11.7. The first-order valence-electron chi connectivity index (χ1n) is 5.88. The third kappa shape index (κ3) is 6.17. The third-order valence-electron chi connectivity index (χ3n) is 2.49. The summed E-state index contributed by atoms with van der Waals surface area (Å²) in [5.41, 5.74) is 5.55. The number of carbonyl (C=O) groups excluding carboxylic acids is 1. The van der Waals surface area contributed by atoms with Crippen molar-refractivity contribution in [3.05, 3.63) is 0 Å². The number of hydrogen-bond acceptors (Lipinski definition) is 3. The van der Waals surface area contributed by atoms with E-state index in [1.54, 1.807) is 0 Å². The average molecular weight is 262 g/mol. The van der Waals surface area contributed by atoms with E-state index in [2.05, 4.69) is 5.32 Å². The number of rotatable bonds is 4. The third-order valence-corrected chi connectivity index (χ3v) is 4.43. The minimum absolute atomic E-state index is 0.177. The lowest BCUT2D eigenvalue weighted by atomic mass is 9.87. The van der Waals surface area contributed by atoms with Gasteiger partial charge in [-0.3, -0.25) is 9.00 Å². The Kier molecular flexibility index (Phi) is 5.81. The van der Waals surface area contributed by atoms with Gasteiger partial charge in [-0.05, 0) is 26.2 Å². The molecule has 2 atom stereocenters. The van der Waals surface area contributed by atoms with Crippen LogP contribution in [0.3, 0.4) is 0 Å². The largest absolute Gasteiger partial charge is 0.354 e. The maximum atomic E-state index is 11.7. The van der Waals surface area contributed by atoms with E-state index in [1.807, 2.05) is 41.5 Å². The van der Waals surface area contributed by atoms with Crippen LogP contribution in [-0.2, 0) is 15.6 Å². The molecule has 1 amide bonds. The summed E-state index contributed by atoms with van der Waals surface area (Å²) in [6.07, 6.45) is 0. The van der Waals surface area contributed by atoms with Crippen LogP contribution in [0.2, 0.25) is 0 Å². The summed E-state index contributed by atoms with van der Waals surface area (Å²) in [6, 6.07) is -0.537. The van der Waals surface area contributed by atoms with Crippen molar-refractivity contribution >= 4 is 16.7 Å². The summed E-state index contributed by atoms with van der Waals surface area (Å²) >= 11 is 0. The van der Waals surface area contributed by atoms with Crippen LogP contribution < -0.4 is 11.1 Å². The number of nitrogens with one attached hydrogen (secondary N) is 1. The van der Waals surface area contributed by atoms with Crippen molar-refractivity contribution in [2.24, 2.45) is 11.1 Å². The van der Waals surface area contributed by atoms with Gasteiger partial charge in [0.05, 0.1) is 6.04 Å². The topological polar surface area (TPSA) is 72.2 Å². The van der Waals surface area contributed by atoms with Crippen molar-refractivity contribution in [2.75, 3.05) is 12.3 Å². The van der Waals surface area contributed by atoms with Crippen LogP contribution in [0.4, 0.5) is 0 Å². The van der Waals surface area contributed by atoms with Crippen molar-refractivity contribution in [1.82, 2.24) is 5.32 Å². The molecule has 0 aliphatic rings. The first-order valence-corrected chi connectivity index (χ1v) is 7.20. The van der Waals surface area contributed by atoms with E-state index in [1.165, 1.54) is 0 Å². The summed E-state index contributed by atoms with van der Waals surface area (Å²) in [7, 11) is -0.944. The van der Waals surface area contributed by atoms with Crippen LogP contribution >= 0.6 is 0 Å². The second-order valence-corrected chi connectivity index (χ2v) is 8.62. The Hall–Kier alpha value is -0.420. The van der Waals surface area contributed by atoms with Crippen LogP contribution in [-0.4, -0.2) is 33.2 Å². The molecule has 0 aliphatic heterocycles. The molecule has 0 aliphatic carbocycles. The lowest BCUT2D eigenvalue weighted by molar-refractivity contribution is -0.124. The van der Waals surface area contributed by atoms with Gasteiger partial charge in [0.2, 0.25) is 5.91 Å². The molecule has 0 heterocycles. The van der Waals surface area contributed by atoms with Crippen LogP contribution in [0, 0.1) is 5.41 Å². The fraction of sp³-hybridized carbons (Fsp3) is 0.917. The molecule has 102 valence electrons. The summed E-state index contributed by atoms with van der Waals surface area (Å²) in [5.74, 6) is 0.287. The van der Waals surface area contributed by atoms with Gasteiger partial charge in [-0.1, -0.05) is 20.8 Å². The summed E-state index contributed by atoms with van der Waals surface area (Å²) < 4.78 is 11.5. The van der Waals surface area contributed by atoms with Crippen molar-refractivity contribution in [2.45, 2.75) is 52.3 Å². The van der Waals surface area contributed by atoms with E-state index < -0.39 is 16.8 Å². The number of amides is 1. The summed E-state index contributed by atoms with van der Waals surface area (Å²) in [6.45, 7) is 11.9. The average Bonchev–Trinajstić information content (AvgIpc) is 2.13. The molecule has 1 unspecified atom stereocenters. The van der Waals surface area contributed by atoms with Gasteiger partial charge in [0, 0.05) is 27.8 Å². The predicted octanol–water partition coefficient (Wildman–Crippen LogP) is 1.02. The highest BCUT2D eigenvalue weighted by Crippen LogP contribution is 2.17. The van der Waals surface area contributed by atoms with Crippen molar-refractivity contribution in [3.8, 4) is 0 Å². The first kappa shape index (κ1) is 16.6. The molecule has 0 aromatic heterocycles. The van der Waals surface area contributed by atoms with Crippen molar-refractivity contribution in [1.29, 1.82) is 0 Å². The first-order chi connectivity index (χ1) is 7.46. The zero-order chi connectivity index (χ0) is 13.9. The molecule has 0 fully saturated rings. The van der Waals surface area contributed by atoms with Gasteiger partial charge in [0.25, 0.3) is 0 Å². The van der Waals surface area contributed by atoms with Gasteiger partial charge in [-0.25, -0.2) is 0 Å². The second kappa shape index (κ2) is 5.96. The molecule has 0 radical (unpaired) electrons. The fourth-order valence-electron chi connectivity index (χ4n) is 1.08. The van der Waals surface area contributed by atoms with E-state index >= 15 is 0 Å². The Labute approximate surface area is 107 Å². The second-order valence-electron chi connectivity index (χ2n) is 6.30. The van der Waals surface area contributed by atoms with Crippen molar-refractivity contribution in [3.63, 3.8) is 0 Å². The van der Waals surface area contributed by atoms with E-state index in [0.29, 0.717) is 12.3 Å². The highest BCUT2D eigenvalue weighted by atomic mass is 32.2. The standard InChI is InChI=1S/C12H26N2O2S/c1-11(2,3)9(13)10(15)14-7-8-17(16)12(4,5)6/h9H,7-8,13H2,1-6H3,(H,14,15)/t9-,17?/m1/s1. The normalized spacial score (nSPS) is 16.4. The van der Waals surface area contributed by atoms with E-state index in [4.69, 9.17) is 5.73 Å². The molecule has 17 heavy (non-hydrogen) atoms. The molecule has 0 bridgehead atoms. The Morgan fingerprint density at radius 2 is 1.71 bits per heavy atom. The fourth-order valence-corrected chi connectivity index (χ4v) is 1.98. The molecule has 3 N–H and O–H groups in total. The van der Waals surface area contributed by atoms with Crippen LogP contribution in [0.5, 0.6) is 0 Å². The molecule has 0 rings (SSSR count). The highest BCUT2D eigenvalue weighted by molar-refractivity contribution is 7.86. The number of nitrogens with two attached hydrogens (primary N) is 1. The number of carbonyl (C=O) groups is 1. The zero-order valence-corrected chi connectivity index (χ0v) is 12.6. The molecule has 0 saturated carbocycles. The molecule has 0 aromatic carbocycles. The molecule has 0 aromatic rings. The molecular weight excluding hydrogens is 236 g/mol. The quantitative estimate of drug-likeness (QED) is 0.794. The maximum absolute atomic E-state index is 11.7. The zero-order valence-electron chi connectivity index (χ0n) is 11.8. The van der Waals surface area contributed by atoms with Gasteiger partial charge in [0.15, 0.2) is 0 Å². The Morgan fingerprint density at radius 1 is 1.24 bits per heavy atom.